The van der Waals surface area contributed by atoms with Gasteiger partial charge in [0, 0.05) is 25.4 Å². The number of carbonyl (C=O) groups is 1. The molecule has 1 aromatic heterocycles. The molecule has 0 saturated carbocycles. The summed E-state index contributed by atoms with van der Waals surface area (Å²) in [4.78, 5) is 11.0. The molecule has 2 rings (SSSR count). The van der Waals surface area contributed by atoms with Crippen molar-refractivity contribution in [3.63, 3.8) is 0 Å². The Bertz CT molecular complexity index is 389. The van der Waals surface area contributed by atoms with Gasteiger partial charge in [-0.1, -0.05) is 10.1 Å². The molecule has 1 aliphatic heterocycles. The quantitative estimate of drug-likeness (QED) is 0.758. The maximum atomic E-state index is 11.0. The molecule has 86 valence electrons. The first-order chi connectivity index (χ1) is 7.74. The predicted octanol–water partition coefficient (Wildman–Crippen LogP) is 2.21. The smallest absolute Gasteiger partial charge is 0.200 e. The van der Waals surface area contributed by atoms with Crippen molar-refractivity contribution in [1.29, 1.82) is 0 Å². The second kappa shape index (κ2) is 5.56. The van der Waals surface area contributed by atoms with Gasteiger partial charge in [-0.3, -0.25) is 4.79 Å². The fourth-order valence-electron chi connectivity index (χ4n) is 1.69. The lowest BCUT2D eigenvalue weighted by atomic mass is 10.1. The zero-order valence-electron chi connectivity index (χ0n) is 9.05. The van der Waals surface area contributed by atoms with Crippen molar-refractivity contribution in [3.8, 4) is 0 Å². The Morgan fingerprint density at radius 2 is 2.56 bits per heavy atom. The summed E-state index contributed by atoms with van der Waals surface area (Å²) in [6.07, 6.45) is 4.27. The van der Waals surface area contributed by atoms with E-state index in [2.05, 4.69) is 20.0 Å². The lowest BCUT2D eigenvalue weighted by molar-refractivity contribution is -0.109. The third-order valence-electron chi connectivity index (χ3n) is 2.27. The molecular formula is C10H13N3OS2. The summed E-state index contributed by atoms with van der Waals surface area (Å²) in [7, 11) is 0. The van der Waals surface area contributed by atoms with Crippen LogP contribution in [0.5, 0.6) is 0 Å². The van der Waals surface area contributed by atoms with Crippen LogP contribution in [0.3, 0.4) is 0 Å². The Labute approximate surface area is 103 Å². The minimum atomic E-state index is 0.150. The van der Waals surface area contributed by atoms with Gasteiger partial charge in [-0.25, -0.2) is 4.31 Å². The molecule has 0 aromatic carbocycles. The summed E-state index contributed by atoms with van der Waals surface area (Å²) < 4.78 is 5.94. The van der Waals surface area contributed by atoms with Crippen molar-refractivity contribution in [2.45, 2.75) is 19.8 Å². The van der Waals surface area contributed by atoms with Gasteiger partial charge in [-0.05, 0) is 42.4 Å². The summed E-state index contributed by atoms with van der Waals surface area (Å²) in [6, 6.07) is 0. The Hall–Kier alpha value is -0.720. The predicted molar refractivity (Wildman–Crippen MR) is 67.0 cm³/mol. The molecule has 1 saturated heterocycles. The van der Waals surface area contributed by atoms with Gasteiger partial charge in [0.15, 0.2) is 0 Å². The molecule has 0 atom stereocenters. The van der Waals surface area contributed by atoms with Crippen molar-refractivity contribution >= 4 is 34.7 Å². The normalized spacial score (nSPS) is 20.2. The molecule has 1 aliphatic rings. The van der Waals surface area contributed by atoms with E-state index in [1.54, 1.807) is 6.92 Å². The van der Waals surface area contributed by atoms with Crippen LogP contribution in [-0.4, -0.2) is 32.1 Å². The van der Waals surface area contributed by atoms with Gasteiger partial charge >= 0.3 is 0 Å². The lowest BCUT2D eigenvalue weighted by Gasteiger charge is -2.26. The van der Waals surface area contributed by atoms with Crippen LogP contribution >= 0.6 is 23.5 Å². The first-order valence-corrected chi connectivity index (χ1v) is 6.75. The largest absolute Gasteiger partial charge is 0.286 e. The van der Waals surface area contributed by atoms with Gasteiger partial charge in [0.25, 0.3) is 0 Å². The molecule has 16 heavy (non-hydrogen) atoms. The molecular weight excluding hydrogens is 242 g/mol. The lowest BCUT2D eigenvalue weighted by Crippen LogP contribution is -2.26. The van der Waals surface area contributed by atoms with E-state index in [4.69, 9.17) is 0 Å². The molecule has 0 amide bonds. The molecule has 0 N–H and O–H groups in total. The van der Waals surface area contributed by atoms with E-state index >= 15 is 0 Å². The van der Waals surface area contributed by atoms with Crippen LogP contribution in [0.4, 0.5) is 0 Å². The summed E-state index contributed by atoms with van der Waals surface area (Å²) >= 11 is 2.67. The van der Waals surface area contributed by atoms with Crippen LogP contribution in [0.15, 0.2) is 11.0 Å². The Kier molecular flexibility index (Phi) is 4.09. The van der Waals surface area contributed by atoms with E-state index in [1.807, 2.05) is 5.38 Å². The van der Waals surface area contributed by atoms with Crippen LogP contribution in [0.25, 0.3) is 6.08 Å². The van der Waals surface area contributed by atoms with Gasteiger partial charge in [-0.2, -0.15) is 0 Å². The van der Waals surface area contributed by atoms with E-state index in [0.717, 1.165) is 31.6 Å². The average Bonchev–Trinajstić information content (AvgIpc) is 2.70. The number of hydrogen-bond acceptors (Lipinski definition) is 6. The number of piperidine rings is 1. The molecule has 1 aromatic rings. The maximum absolute atomic E-state index is 11.0. The second-order valence-electron chi connectivity index (χ2n) is 3.68. The van der Waals surface area contributed by atoms with Crippen molar-refractivity contribution in [1.82, 2.24) is 13.9 Å². The van der Waals surface area contributed by atoms with Gasteiger partial charge in [0.05, 0.1) is 5.69 Å². The Balaban J connectivity index is 1.99. The average molecular weight is 255 g/mol. The highest BCUT2D eigenvalue weighted by Crippen LogP contribution is 2.23. The fourth-order valence-corrected chi connectivity index (χ4v) is 2.91. The van der Waals surface area contributed by atoms with Gasteiger partial charge in [0.1, 0.15) is 0 Å². The van der Waals surface area contributed by atoms with Crippen LogP contribution < -0.4 is 0 Å². The van der Waals surface area contributed by atoms with Gasteiger partial charge in [0.2, 0.25) is 5.12 Å². The zero-order chi connectivity index (χ0) is 11.4. The summed E-state index contributed by atoms with van der Waals surface area (Å²) in [5.74, 6) is 0. The summed E-state index contributed by atoms with van der Waals surface area (Å²) in [5, 5.41) is 6.08. The maximum Gasteiger partial charge on any atom is 0.200 e. The van der Waals surface area contributed by atoms with E-state index in [1.165, 1.54) is 29.1 Å². The SMILES string of the molecule is CC(=O)SN1CCCC(=Cc2csnn2)C1. The van der Waals surface area contributed by atoms with Crippen molar-refractivity contribution in [2.24, 2.45) is 0 Å². The highest BCUT2D eigenvalue weighted by atomic mass is 32.2. The molecule has 6 heteroatoms. The minimum Gasteiger partial charge on any atom is -0.286 e. The molecule has 0 unspecified atom stereocenters. The molecule has 0 radical (unpaired) electrons. The molecule has 0 bridgehead atoms. The van der Waals surface area contributed by atoms with Gasteiger partial charge < -0.3 is 0 Å². The van der Waals surface area contributed by atoms with E-state index in [0.29, 0.717) is 0 Å². The zero-order valence-corrected chi connectivity index (χ0v) is 10.7. The Morgan fingerprint density at radius 3 is 3.25 bits per heavy atom. The van der Waals surface area contributed by atoms with E-state index in [9.17, 15) is 4.79 Å². The van der Waals surface area contributed by atoms with Crippen molar-refractivity contribution in [2.75, 3.05) is 13.1 Å². The number of hydrogen-bond donors (Lipinski definition) is 0. The number of aromatic nitrogens is 2. The summed E-state index contributed by atoms with van der Waals surface area (Å²) in [5.41, 5.74) is 2.25. The first kappa shape index (κ1) is 11.8. The molecule has 2 heterocycles. The molecule has 0 aliphatic carbocycles. The van der Waals surface area contributed by atoms with Crippen LogP contribution in [0, 0.1) is 0 Å². The highest BCUT2D eigenvalue weighted by molar-refractivity contribution is 8.11. The monoisotopic (exact) mass is 255 g/mol. The number of rotatable bonds is 2. The fraction of sp³-hybridized carbons (Fsp3) is 0.500. The van der Waals surface area contributed by atoms with E-state index in [-0.39, 0.29) is 5.12 Å². The summed E-state index contributed by atoms with van der Waals surface area (Å²) in [6.45, 7) is 3.44. The van der Waals surface area contributed by atoms with Crippen molar-refractivity contribution in [3.05, 3.63) is 16.6 Å². The molecule has 0 spiro atoms. The topological polar surface area (TPSA) is 46.1 Å². The third kappa shape index (κ3) is 3.40. The third-order valence-corrected chi connectivity index (χ3v) is 3.62. The Morgan fingerprint density at radius 1 is 1.69 bits per heavy atom. The molecule has 4 nitrogen and oxygen atoms in total. The van der Waals surface area contributed by atoms with Crippen LogP contribution in [-0.2, 0) is 4.79 Å². The first-order valence-electron chi connectivity index (χ1n) is 5.14. The molecule has 1 fully saturated rings. The van der Waals surface area contributed by atoms with Crippen molar-refractivity contribution < 1.29 is 4.79 Å². The van der Waals surface area contributed by atoms with Crippen LogP contribution in [0.1, 0.15) is 25.5 Å². The standard InChI is InChI=1S/C10H13N3OS2/c1-8(14)16-13-4-2-3-9(6-13)5-10-7-15-12-11-10/h5,7H,2-4,6H2,1H3. The van der Waals surface area contributed by atoms with E-state index < -0.39 is 0 Å². The van der Waals surface area contributed by atoms with Gasteiger partial charge in [-0.15, -0.1) is 5.10 Å². The van der Waals surface area contributed by atoms with Crippen LogP contribution in [0.2, 0.25) is 0 Å². The second-order valence-corrected chi connectivity index (χ2v) is 5.57. The number of nitrogens with zero attached hydrogens (tertiary/aromatic N) is 3. The number of carbonyl (C=O) groups excluding carboxylic acids is 1. The highest BCUT2D eigenvalue weighted by Gasteiger charge is 2.16. The minimum absolute atomic E-state index is 0.150.